The number of rotatable bonds is 8. The highest BCUT2D eigenvalue weighted by Crippen LogP contribution is 2.30. The van der Waals surface area contributed by atoms with Gasteiger partial charge in [-0.15, -0.1) is 23.7 Å². The molecule has 1 aromatic heterocycles. The van der Waals surface area contributed by atoms with Crippen molar-refractivity contribution < 1.29 is 14.6 Å². The van der Waals surface area contributed by atoms with Crippen LogP contribution in [0.3, 0.4) is 0 Å². The minimum atomic E-state index is -0.481. The normalized spacial score (nSPS) is 11.9. The lowest BCUT2D eigenvalue weighted by molar-refractivity contribution is 0.107. The van der Waals surface area contributed by atoms with E-state index >= 15 is 0 Å². The highest BCUT2D eigenvalue weighted by molar-refractivity contribution is 7.12. The number of aliphatic hydroxyl groups excluding tert-OH is 1. The van der Waals surface area contributed by atoms with Crippen molar-refractivity contribution >= 4 is 11.3 Å². The second-order valence-electron chi connectivity index (χ2n) is 5.33. The van der Waals surface area contributed by atoms with Crippen LogP contribution in [0.25, 0.3) is 0 Å². The summed E-state index contributed by atoms with van der Waals surface area (Å²) < 4.78 is 10.9. The zero-order valence-corrected chi connectivity index (χ0v) is 14.4. The first-order chi connectivity index (χ1) is 11.1. The average molecular weight is 330 g/mol. The Bertz CT molecular complexity index is 652. The zero-order chi connectivity index (χ0) is 16.7. The summed E-state index contributed by atoms with van der Waals surface area (Å²) in [7, 11) is 1.65. The number of ether oxygens (including phenoxy) is 2. The quantitative estimate of drug-likeness (QED) is 0.736. The second kappa shape index (κ2) is 8.73. The van der Waals surface area contributed by atoms with Gasteiger partial charge in [0.05, 0.1) is 26.4 Å². The Morgan fingerprint density at radius 3 is 2.65 bits per heavy atom. The van der Waals surface area contributed by atoms with Gasteiger partial charge in [0.25, 0.3) is 0 Å². The summed E-state index contributed by atoms with van der Waals surface area (Å²) in [6, 6.07) is 9.86. The van der Waals surface area contributed by atoms with Crippen LogP contribution in [0, 0.1) is 19.3 Å². The molecule has 122 valence electrons. The topological polar surface area (TPSA) is 38.7 Å². The largest absolute Gasteiger partial charge is 0.497 e. The number of aryl methyl sites for hydroxylation is 1. The summed E-state index contributed by atoms with van der Waals surface area (Å²) in [5, 5.41) is 10.1. The van der Waals surface area contributed by atoms with E-state index in [9.17, 15) is 5.11 Å². The average Bonchev–Trinajstić information content (AvgIpc) is 2.94. The van der Waals surface area contributed by atoms with E-state index in [-0.39, 0.29) is 0 Å². The molecular formula is C19H22O3S. The molecule has 0 aliphatic carbocycles. The molecule has 0 saturated carbocycles. The Morgan fingerprint density at radius 2 is 2.00 bits per heavy atom. The first kappa shape index (κ1) is 17.6. The first-order valence-corrected chi connectivity index (χ1v) is 8.37. The number of hydrogen-bond acceptors (Lipinski definition) is 4. The fourth-order valence-corrected chi connectivity index (χ4v) is 3.27. The van der Waals surface area contributed by atoms with Gasteiger partial charge in [-0.05, 0) is 42.7 Å². The van der Waals surface area contributed by atoms with Crippen LogP contribution in [0.5, 0.6) is 5.75 Å². The van der Waals surface area contributed by atoms with Crippen molar-refractivity contribution in [3.8, 4) is 18.1 Å². The van der Waals surface area contributed by atoms with Crippen LogP contribution in [0.1, 0.15) is 39.8 Å². The molecule has 2 aromatic rings. The van der Waals surface area contributed by atoms with Gasteiger partial charge in [-0.1, -0.05) is 12.1 Å². The van der Waals surface area contributed by atoms with Crippen molar-refractivity contribution in [1.29, 1.82) is 0 Å². The predicted molar refractivity (Wildman–Crippen MR) is 93.6 cm³/mol. The number of benzene rings is 1. The van der Waals surface area contributed by atoms with E-state index in [1.54, 1.807) is 18.4 Å². The van der Waals surface area contributed by atoms with E-state index in [1.165, 1.54) is 4.88 Å². The van der Waals surface area contributed by atoms with Gasteiger partial charge < -0.3 is 14.6 Å². The van der Waals surface area contributed by atoms with Crippen LogP contribution in [-0.2, 0) is 18.0 Å². The molecule has 4 heteroatoms. The third-order valence-electron chi connectivity index (χ3n) is 3.62. The Balaban J connectivity index is 1.87. The molecule has 1 heterocycles. The van der Waals surface area contributed by atoms with Crippen LogP contribution >= 0.6 is 11.3 Å². The van der Waals surface area contributed by atoms with Crippen molar-refractivity contribution in [2.45, 2.75) is 39.1 Å². The van der Waals surface area contributed by atoms with Gasteiger partial charge >= 0.3 is 0 Å². The molecule has 0 amide bonds. The summed E-state index contributed by atoms with van der Waals surface area (Å²) in [5.41, 5.74) is 2.23. The van der Waals surface area contributed by atoms with Crippen LogP contribution < -0.4 is 4.74 Å². The molecule has 1 aromatic carbocycles. The lowest BCUT2D eigenvalue weighted by Crippen LogP contribution is -1.95. The van der Waals surface area contributed by atoms with E-state index in [4.69, 9.17) is 15.9 Å². The van der Waals surface area contributed by atoms with Crippen LogP contribution in [0.15, 0.2) is 30.3 Å². The van der Waals surface area contributed by atoms with Gasteiger partial charge in [-0.3, -0.25) is 0 Å². The maximum Gasteiger partial charge on any atom is 0.118 e. The first-order valence-electron chi connectivity index (χ1n) is 7.55. The van der Waals surface area contributed by atoms with E-state index in [0.29, 0.717) is 26.1 Å². The molecule has 0 bridgehead atoms. The molecule has 0 saturated heterocycles. The monoisotopic (exact) mass is 330 g/mol. The lowest BCUT2D eigenvalue weighted by Gasteiger charge is -2.06. The predicted octanol–water partition coefficient (Wildman–Crippen LogP) is 4.23. The van der Waals surface area contributed by atoms with Crippen LogP contribution in [0.4, 0.5) is 0 Å². The molecule has 23 heavy (non-hydrogen) atoms. The van der Waals surface area contributed by atoms with Gasteiger partial charge in [-0.25, -0.2) is 0 Å². The van der Waals surface area contributed by atoms with E-state index in [1.807, 2.05) is 37.3 Å². The lowest BCUT2D eigenvalue weighted by atomic mass is 10.1. The van der Waals surface area contributed by atoms with Crippen LogP contribution in [0.2, 0.25) is 0 Å². The summed E-state index contributed by atoms with van der Waals surface area (Å²) in [4.78, 5) is 2.13. The molecule has 3 nitrogen and oxygen atoms in total. The molecule has 1 N–H and O–H groups in total. The fraction of sp³-hybridized carbons (Fsp3) is 0.368. The van der Waals surface area contributed by atoms with Crippen molar-refractivity contribution in [3.63, 3.8) is 0 Å². The standard InChI is InChI=1S/C19H22O3S/c1-4-5-6-18(20)19-11-16(14(2)23-19)13-22-12-15-7-9-17(21-3)10-8-15/h1,7-11,18,20H,5-6,12-13H2,2-3H3. The van der Waals surface area contributed by atoms with E-state index in [2.05, 4.69) is 5.92 Å². The molecule has 0 aliphatic rings. The maximum atomic E-state index is 10.1. The number of terminal acetylenes is 1. The van der Waals surface area contributed by atoms with Gasteiger partial charge in [0.2, 0.25) is 0 Å². The summed E-state index contributed by atoms with van der Waals surface area (Å²) >= 11 is 1.61. The Kier molecular flexibility index (Phi) is 6.66. The van der Waals surface area contributed by atoms with E-state index in [0.717, 1.165) is 21.8 Å². The molecular weight excluding hydrogens is 308 g/mol. The molecule has 0 fully saturated rings. The minimum absolute atomic E-state index is 0.481. The van der Waals surface area contributed by atoms with Crippen molar-refractivity contribution in [2.75, 3.05) is 7.11 Å². The Morgan fingerprint density at radius 1 is 1.26 bits per heavy atom. The van der Waals surface area contributed by atoms with Crippen molar-refractivity contribution in [1.82, 2.24) is 0 Å². The second-order valence-corrected chi connectivity index (χ2v) is 6.62. The summed E-state index contributed by atoms with van der Waals surface area (Å²) in [5.74, 6) is 3.40. The maximum absolute atomic E-state index is 10.1. The zero-order valence-electron chi connectivity index (χ0n) is 13.5. The number of hydrogen-bond donors (Lipinski definition) is 1. The highest BCUT2D eigenvalue weighted by Gasteiger charge is 2.13. The van der Waals surface area contributed by atoms with Crippen molar-refractivity contribution in [2.24, 2.45) is 0 Å². The highest BCUT2D eigenvalue weighted by atomic mass is 32.1. The van der Waals surface area contributed by atoms with Gasteiger partial charge in [0, 0.05) is 16.2 Å². The molecule has 1 atom stereocenters. The third-order valence-corrected chi connectivity index (χ3v) is 4.81. The van der Waals surface area contributed by atoms with Crippen molar-refractivity contribution in [3.05, 3.63) is 51.2 Å². The molecule has 2 rings (SSSR count). The molecule has 0 aliphatic heterocycles. The third kappa shape index (κ3) is 5.11. The minimum Gasteiger partial charge on any atom is -0.497 e. The number of methoxy groups -OCH3 is 1. The van der Waals surface area contributed by atoms with Gasteiger partial charge in [0.1, 0.15) is 5.75 Å². The smallest absolute Gasteiger partial charge is 0.118 e. The van der Waals surface area contributed by atoms with Gasteiger partial charge in [-0.2, -0.15) is 0 Å². The van der Waals surface area contributed by atoms with E-state index < -0.39 is 6.10 Å². The Hall–Kier alpha value is -1.80. The van der Waals surface area contributed by atoms with Crippen LogP contribution in [-0.4, -0.2) is 12.2 Å². The molecule has 0 radical (unpaired) electrons. The molecule has 0 spiro atoms. The number of thiophene rings is 1. The summed E-state index contributed by atoms with van der Waals surface area (Å²) in [6.45, 7) is 3.14. The SMILES string of the molecule is C#CCCC(O)c1cc(COCc2ccc(OC)cc2)c(C)s1. The summed E-state index contributed by atoms with van der Waals surface area (Å²) in [6.07, 6.45) is 5.95. The number of aliphatic hydroxyl groups is 1. The Labute approximate surface area is 141 Å². The van der Waals surface area contributed by atoms with Gasteiger partial charge in [0.15, 0.2) is 0 Å². The fourth-order valence-electron chi connectivity index (χ4n) is 2.22. The molecule has 1 unspecified atom stereocenters.